The van der Waals surface area contributed by atoms with Gasteiger partial charge in [0.1, 0.15) is 25.4 Å². The van der Waals surface area contributed by atoms with Crippen LogP contribution in [0, 0.1) is 5.21 Å². The summed E-state index contributed by atoms with van der Waals surface area (Å²) >= 11 is 0. The molecule has 2 aliphatic rings. The molecule has 0 aliphatic carbocycles. The van der Waals surface area contributed by atoms with Crippen LogP contribution in [-0.2, 0) is 25.7 Å². The van der Waals surface area contributed by atoms with Gasteiger partial charge in [0, 0.05) is 7.05 Å². The fraction of sp³-hybridized carbons (Fsp3) is 0.550. The average molecular weight is 376 g/mol. The van der Waals surface area contributed by atoms with Crippen molar-refractivity contribution in [2.45, 2.75) is 43.5 Å². The zero-order valence-corrected chi connectivity index (χ0v) is 15.9. The summed E-state index contributed by atoms with van der Waals surface area (Å²) in [5.74, 6) is 0. The largest absolute Gasteiger partial charge is 0.624 e. The van der Waals surface area contributed by atoms with Crippen molar-refractivity contribution in [1.29, 1.82) is 0 Å². The lowest BCUT2D eigenvalue weighted by Crippen LogP contribution is -2.52. The van der Waals surface area contributed by atoms with Gasteiger partial charge in [-0.25, -0.2) is 4.74 Å². The van der Waals surface area contributed by atoms with Gasteiger partial charge in [0.25, 0.3) is 0 Å². The highest BCUT2D eigenvalue weighted by Crippen LogP contribution is 2.32. The second kappa shape index (κ2) is 9.43. The summed E-state index contributed by atoms with van der Waals surface area (Å²) in [5.41, 5.74) is 1.03. The van der Waals surface area contributed by atoms with Gasteiger partial charge in [-0.05, 0) is 12.0 Å². The lowest BCUT2D eigenvalue weighted by molar-refractivity contribution is -0.422. The molecule has 2 bridgehead atoms. The van der Waals surface area contributed by atoms with Gasteiger partial charge in [-0.2, -0.15) is 5.06 Å². The number of ether oxygens (including phenoxy) is 3. The number of hydrogen-bond acceptors (Lipinski definition) is 6. The number of fused-ring (bicyclic) bond motifs is 2. The third-order valence-electron chi connectivity index (χ3n) is 4.84. The van der Waals surface area contributed by atoms with Crippen molar-refractivity contribution in [2.24, 2.45) is 0 Å². The summed E-state index contributed by atoms with van der Waals surface area (Å²) in [6.45, 7) is 4.93. The topological polar surface area (TPSA) is 66.2 Å². The maximum Gasteiger partial charge on any atom is 0.182 e. The van der Waals surface area contributed by atoms with E-state index in [0.717, 1.165) is 16.7 Å². The van der Waals surface area contributed by atoms with Gasteiger partial charge in [0.05, 0.1) is 25.9 Å². The van der Waals surface area contributed by atoms with E-state index in [4.69, 9.17) is 19.0 Å². The van der Waals surface area contributed by atoms with Crippen molar-refractivity contribution in [3.63, 3.8) is 0 Å². The van der Waals surface area contributed by atoms with Gasteiger partial charge < -0.3 is 19.4 Å². The van der Waals surface area contributed by atoms with E-state index in [-0.39, 0.29) is 18.2 Å². The van der Waals surface area contributed by atoms with Crippen LogP contribution in [0.25, 0.3) is 0 Å². The van der Waals surface area contributed by atoms with E-state index in [2.05, 4.69) is 6.58 Å². The molecule has 0 aromatic heterocycles. The molecule has 3 rings (SSSR count). The Hall–Kier alpha value is -1.77. The molecule has 2 heterocycles. The zero-order chi connectivity index (χ0) is 19.2. The molecule has 0 spiro atoms. The molecule has 2 saturated heterocycles. The number of likely N-dealkylation sites (N-methyl/N-ethyl adjacent to an activating group) is 1. The normalized spacial score (nSPS) is 30.1. The Balaban J connectivity index is 1.80. The molecule has 0 amide bonds. The molecule has 148 valence electrons. The summed E-state index contributed by atoms with van der Waals surface area (Å²) in [5, 5.41) is 13.6. The summed E-state index contributed by atoms with van der Waals surface area (Å²) in [7, 11) is 3.34. The molecule has 7 nitrogen and oxygen atoms in total. The van der Waals surface area contributed by atoms with Gasteiger partial charge in [0.2, 0.25) is 0 Å². The van der Waals surface area contributed by atoms with Crippen LogP contribution in [0.5, 0.6) is 0 Å². The van der Waals surface area contributed by atoms with Crippen LogP contribution in [0.4, 0.5) is 0 Å². The summed E-state index contributed by atoms with van der Waals surface area (Å²) in [6.07, 6.45) is 2.72. The molecule has 0 radical (unpaired) electrons. The number of benzene rings is 1. The fourth-order valence-corrected chi connectivity index (χ4v) is 3.61. The van der Waals surface area contributed by atoms with E-state index in [0.29, 0.717) is 19.8 Å². The third kappa shape index (κ3) is 5.15. The van der Waals surface area contributed by atoms with Crippen LogP contribution in [0.3, 0.4) is 0 Å². The second-order valence-electron chi connectivity index (χ2n) is 6.92. The predicted octanol–water partition coefficient (Wildman–Crippen LogP) is 1.76. The van der Waals surface area contributed by atoms with Crippen molar-refractivity contribution >= 4 is 6.21 Å². The number of hydroxylamine groups is 3. The van der Waals surface area contributed by atoms with Gasteiger partial charge in [-0.15, -0.1) is 6.58 Å². The van der Waals surface area contributed by atoms with Crippen molar-refractivity contribution in [1.82, 2.24) is 5.06 Å². The average Bonchev–Trinajstić information content (AvgIpc) is 2.92. The third-order valence-corrected chi connectivity index (χ3v) is 4.84. The number of rotatable bonds is 8. The van der Waals surface area contributed by atoms with Crippen LogP contribution in [0.15, 0.2) is 43.0 Å². The Bertz CT molecular complexity index is 635. The summed E-state index contributed by atoms with van der Waals surface area (Å²) in [6, 6.07) is 9.87. The first kappa shape index (κ1) is 20.0. The van der Waals surface area contributed by atoms with Crippen molar-refractivity contribution in [3.8, 4) is 0 Å². The van der Waals surface area contributed by atoms with Crippen molar-refractivity contribution < 1.29 is 23.8 Å². The predicted molar refractivity (Wildman–Crippen MR) is 101 cm³/mol. The maximum absolute atomic E-state index is 11.8. The maximum atomic E-state index is 11.8. The van der Waals surface area contributed by atoms with Crippen LogP contribution in [-0.4, -0.2) is 73.8 Å². The van der Waals surface area contributed by atoms with E-state index >= 15 is 0 Å². The number of nitrogens with zero attached hydrogens (tertiary/aromatic N) is 2. The van der Waals surface area contributed by atoms with Crippen molar-refractivity contribution in [2.75, 3.05) is 27.3 Å². The van der Waals surface area contributed by atoms with E-state index in [1.807, 2.05) is 42.4 Å². The molecular formula is C20H28N2O5. The zero-order valence-electron chi connectivity index (χ0n) is 15.9. The van der Waals surface area contributed by atoms with Gasteiger partial charge in [-0.3, -0.25) is 4.84 Å². The SMILES string of the molecule is C=CCO[C@H]1[C@@H]([C@H](/C=[N+](\C)[O-])OCc2ccccc2)OC[C@H]2C[C@@H]1N(C)O2. The highest BCUT2D eigenvalue weighted by atomic mass is 16.7. The number of hydrogen-bond donors (Lipinski definition) is 0. The molecule has 27 heavy (non-hydrogen) atoms. The van der Waals surface area contributed by atoms with Crippen LogP contribution in [0.1, 0.15) is 12.0 Å². The van der Waals surface area contributed by atoms with Gasteiger partial charge in [0.15, 0.2) is 12.3 Å². The summed E-state index contributed by atoms with van der Waals surface area (Å²) in [4.78, 5) is 5.79. The minimum atomic E-state index is -0.546. The first-order chi connectivity index (χ1) is 13.1. The minimum Gasteiger partial charge on any atom is -0.624 e. The van der Waals surface area contributed by atoms with E-state index in [9.17, 15) is 5.21 Å². The Morgan fingerprint density at radius 3 is 2.89 bits per heavy atom. The highest BCUT2D eigenvalue weighted by Gasteiger charge is 2.47. The summed E-state index contributed by atoms with van der Waals surface area (Å²) < 4.78 is 19.0. The lowest BCUT2D eigenvalue weighted by Gasteiger charge is -2.36. The van der Waals surface area contributed by atoms with E-state index < -0.39 is 12.2 Å². The molecule has 0 unspecified atom stereocenters. The fourth-order valence-electron chi connectivity index (χ4n) is 3.61. The second-order valence-corrected chi connectivity index (χ2v) is 6.92. The minimum absolute atomic E-state index is 0.0143. The Labute approximate surface area is 160 Å². The van der Waals surface area contributed by atoms with Crippen molar-refractivity contribution in [3.05, 3.63) is 53.8 Å². The van der Waals surface area contributed by atoms with Gasteiger partial charge >= 0.3 is 0 Å². The molecule has 2 aliphatic heterocycles. The Morgan fingerprint density at radius 2 is 2.19 bits per heavy atom. The smallest absolute Gasteiger partial charge is 0.182 e. The van der Waals surface area contributed by atoms with Crippen LogP contribution >= 0.6 is 0 Å². The molecule has 1 aromatic rings. The highest BCUT2D eigenvalue weighted by molar-refractivity contribution is 5.59. The molecule has 1 aromatic carbocycles. The lowest BCUT2D eigenvalue weighted by atomic mass is 9.98. The molecule has 7 heteroatoms. The van der Waals surface area contributed by atoms with Gasteiger partial charge in [-0.1, -0.05) is 36.4 Å². The Kier molecular flexibility index (Phi) is 6.98. The first-order valence-electron chi connectivity index (χ1n) is 9.22. The Morgan fingerprint density at radius 1 is 1.41 bits per heavy atom. The molecular weight excluding hydrogens is 348 g/mol. The van der Waals surface area contributed by atoms with Crippen LogP contribution < -0.4 is 0 Å². The molecule has 2 fully saturated rings. The molecule has 0 N–H and O–H groups in total. The van der Waals surface area contributed by atoms with E-state index in [1.165, 1.54) is 13.3 Å². The quantitative estimate of drug-likeness (QED) is 0.226. The van der Waals surface area contributed by atoms with E-state index in [1.54, 1.807) is 6.08 Å². The van der Waals surface area contributed by atoms with Crippen LogP contribution in [0.2, 0.25) is 0 Å². The molecule has 5 atom stereocenters. The monoisotopic (exact) mass is 376 g/mol. The standard InChI is InChI=1S/C20H28N2O5/c1-4-10-24-19-17-11-16(27-22(17)3)14-26-20(19)18(12-21(2)23)25-13-15-8-6-5-7-9-15/h4-9,12,16-20H,1,10-11,13-14H2,2-3H3/b21-12+/t16-,17+,18+,19-,20-/m1/s1. The molecule has 0 saturated carbocycles. The first-order valence-corrected chi connectivity index (χ1v) is 9.22.